The van der Waals surface area contributed by atoms with Crippen LogP contribution in [0.4, 0.5) is 11.4 Å². The molecule has 1 aliphatic heterocycles. The van der Waals surface area contributed by atoms with Gasteiger partial charge in [-0.2, -0.15) is 0 Å². The highest BCUT2D eigenvalue weighted by atomic mass is 35.5. The summed E-state index contributed by atoms with van der Waals surface area (Å²) in [6.07, 6.45) is 0. The minimum atomic E-state index is -3.93. The van der Waals surface area contributed by atoms with Gasteiger partial charge in [0.2, 0.25) is 0 Å². The molecular weight excluding hydrogens is 380 g/mol. The van der Waals surface area contributed by atoms with Crippen molar-refractivity contribution in [2.75, 3.05) is 35.9 Å². The topological polar surface area (TPSA) is 95.9 Å². The lowest BCUT2D eigenvalue weighted by atomic mass is 10.1. The number of hydrogen-bond acceptors (Lipinski definition) is 5. The summed E-state index contributed by atoms with van der Waals surface area (Å²) in [5, 5.41) is 10.0. The van der Waals surface area contributed by atoms with Crippen LogP contribution in [0.3, 0.4) is 0 Å². The van der Waals surface area contributed by atoms with Crippen molar-refractivity contribution in [3.63, 3.8) is 0 Å². The molecule has 2 aromatic carbocycles. The number of aromatic carboxylic acids is 1. The van der Waals surface area contributed by atoms with E-state index < -0.39 is 16.0 Å². The van der Waals surface area contributed by atoms with Gasteiger partial charge in [0, 0.05) is 23.8 Å². The maximum atomic E-state index is 12.6. The third-order valence-electron chi connectivity index (χ3n) is 3.96. The van der Waals surface area contributed by atoms with E-state index in [1.54, 1.807) is 12.1 Å². The number of carbonyl (C=O) groups is 1. The van der Waals surface area contributed by atoms with E-state index in [-0.39, 0.29) is 10.5 Å². The van der Waals surface area contributed by atoms with Crippen molar-refractivity contribution < 1.29 is 23.1 Å². The van der Waals surface area contributed by atoms with Gasteiger partial charge in [-0.1, -0.05) is 11.6 Å². The van der Waals surface area contributed by atoms with Crippen LogP contribution in [0, 0.1) is 0 Å². The van der Waals surface area contributed by atoms with Crippen molar-refractivity contribution in [3.8, 4) is 0 Å². The van der Waals surface area contributed by atoms with E-state index in [1.165, 1.54) is 30.3 Å². The van der Waals surface area contributed by atoms with Gasteiger partial charge in [0.05, 0.1) is 29.4 Å². The number of nitrogens with one attached hydrogen (secondary N) is 1. The number of sulfonamides is 1. The fraction of sp³-hybridized carbons (Fsp3) is 0.235. The van der Waals surface area contributed by atoms with Crippen LogP contribution in [0.2, 0.25) is 5.02 Å². The summed E-state index contributed by atoms with van der Waals surface area (Å²) in [7, 11) is -3.93. The molecule has 0 radical (unpaired) electrons. The minimum absolute atomic E-state index is 0.0640. The highest BCUT2D eigenvalue weighted by molar-refractivity contribution is 7.92. The number of hydrogen-bond donors (Lipinski definition) is 2. The highest BCUT2D eigenvalue weighted by Gasteiger charge is 2.22. The van der Waals surface area contributed by atoms with Gasteiger partial charge in [0.15, 0.2) is 0 Å². The summed E-state index contributed by atoms with van der Waals surface area (Å²) in [4.78, 5) is 13.4. The first kappa shape index (κ1) is 18.5. The van der Waals surface area contributed by atoms with Crippen LogP contribution in [0.5, 0.6) is 0 Å². The molecule has 3 rings (SSSR count). The first-order valence-electron chi connectivity index (χ1n) is 7.85. The number of nitrogens with zero attached hydrogens (tertiary/aromatic N) is 1. The van der Waals surface area contributed by atoms with Gasteiger partial charge in [-0.3, -0.25) is 4.72 Å². The molecule has 138 valence electrons. The molecule has 1 aliphatic rings. The molecule has 0 unspecified atom stereocenters. The van der Waals surface area contributed by atoms with E-state index in [9.17, 15) is 18.3 Å². The van der Waals surface area contributed by atoms with Crippen molar-refractivity contribution in [1.82, 2.24) is 0 Å². The van der Waals surface area contributed by atoms with Gasteiger partial charge < -0.3 is 14.7 Å². The largest absolute Gasteiger partial charge is 0.478 e. The molecule has 0 amide bonds. The van der Waals surface area contributed by atoms with E-state index in [1.807, 2.05) is 4.90 Å². The summed E-state index contributed by atoms with van der Waals surface area (Å²) in [6.45, 7) is 2.10. The Morgan fingerprint density at radius 1 is 1.12 bits per heavy atom. The average Bonchev–Trinajstić information content (AvgIpc) is 2.63. The summed E-state index contributed by atoms with van der Waals surface area (Å²) in [6, 6.07) is 10.3. The van der Waals surface area contributed by atoms with Gasteiger partial charge >= 0.3 is 5.97 Å². The summed E-state index contributed by atoms with van der Waals surface area (Å²) in [5.74, 6) is -1.19. The number of benzene rings is 2. The molecule has 0 saturated carbocycles. The number of morpholine rings is 1. The van der Waals surface area contributed by atoms with Crippen molar-refractivity contribution in [2.24, 2.45) is 0 Å². The van der Waals surface area contributed by atoms with Crippen LogP contribution in [-0.2, 0) is 14.8 Å². The quantitative estimate of drug-likeness (QED) is 0.806. The Balaban J connectivity index is 1.93. The van der Waals surface area contributed by atoms with E-state index in [4.69, 9.17) is 16.3 Å². The number of halogens is 1. The molecule has 0 aromatic heterocycles. The summed E-state index contributed by atoms with van der Waals surface area (Å²) in [5.41, 5.74) is 0.751. The molecule has 0 aliphatic carbocycles. The standard InChI is InChI=1S/C17H17ClN2O5S/c18-12-1-3-13(4-2-12)19-26(23,24)14-5-6-16(15(11-14)17(21)22)20-7-9-25-10-8-20/h1-6,11,19H,7-10H2,(H,21,22). The van der Waals surface area contributed by atoms with Gasteiger partial charge in [-0.25, -0.2) is 13.2 Å². The lowest BCUT2D eigenvalue weighted by Gasteiger charge is -2.30. The Labute approximate surface area is 156 Å². The van der Waals surface area contributed by atoms with Crippen LogP contribution in [0.25, 0.3) is 0 Å². The van der Waals surface area contributed by atoms with E-state index in [2.05, 4.69) is 4.72 Å². The molecule has 9 heteroatoms. The zero-order valence-electron chi connectivity index (χ0n) is 13.7. The average molecular weight is 397 g/mol. The molecule has 2 aromatic rings. The Kier molecular flexibility index (Phi) is 5.36. The van der Waals surface area contributed by atoms with Gasteiger partial charge in [-0.05, 0) is 42.5 Å². The van der Waals surface area contributed by atoms with E-state index in [0.29, 0.717) is 42.7 Å². The van der Waals surface area contributed by atoms with Gasteiger partial charge in [0.25, 0.3) is 10.0 Å². The number of carboxylic acid groups (broad SMARTS) is 1. The number of ether oxygens (including phenoxy) is 1. The number of rotatable bonds is 5. The van der Waals surface area contributed by atoms with Crippen molar-refractivity contribution in [3.05, 3.63) is 53.1 Å². The maximum absolute atomic E-state index is 12.6. The van der Waals surface area contributed by atoms with Crippen LogP contribution in [0.15, 0.2) is 47.4 Å². The third-order valence-corrected chi connectivity index (χ3v) is 5.59. The number of anilines is 2. The predicted octanol–water partition coefficient (Wildman–Crippen LogP) is 2.68. The fourth-order valence-electron chi connectivity index (χ4n) is 2.67. The Morgan fingerprint density at radius 3 is 2.38 bits per heavy atom. The summed E-state index contributed by atoms with van der Waals surface area (Å²) >= 11 is 5.79. The third kappa shape index (κ3) is 4.09. The first-order valence-corrected chi connectivity index (χ1v) is 9.71. The SMILES string of the molecule is O=C(O)c1cc(S(=O)(=O)Nc2ccc(Cl)cc2)ccc1N1CCOCC1. The van der Waals surface area contributed by atoms with Crippen molar-refractivity contribution in [2.45, 2.75) is 4.90 Å². The number of carboxylic acids is 1. The molecule has 2 N–H and O–H groups in total. The molecule has 0 bridgehead atoms. The van der Waals surface area contributed by atoms with E-state index in [0.717, 1.165) is 0 Å². The molecule has 1 saturated heterocycles. The zero-order valence-corrected chi connectivity index (χ0v) is 15.3. The normalized spacial score (nSPS) is 14.9. The smallest absolute Gasteiger partial charge is 0.337 e. The van der Waals surface area contributed by atoms with Gasteiger partial charge in [-0.15, -0.1) is 0 Å². The van der Waals surface area contributed by atoms with E-state index >= 15 is 0 Å². The predicted molar refractivity (Wildman–Crippen MR) is 98.7 cm³/mol. The minimum Gasteiger partial charge on any atom is -0.478 e. The molecule has 1 heterocycles. The zero-order chi connectivity index (χ0) is 18.7. The fourth-order valence-corrected chi connectivity index (χ4v) is 3.88. The lowest BCUT2D eigenvalue weighted by molar-refractivity contribution is 0.0696. The monoisotopic (exact) mass is 396 g/mol. The molecule has 0 atom stereocenters. The second-order valence-electron chi connectivity index (χ2n) is 5.70. The van der Waals surface area contributed by atoms with Crippen LogP contribution >= 0.6 is 11.6 Å². The van der Waals surface area contributed by atoms with Crippen LogP contribution in [-0.4, -0.2) is 45.8 Å². The van der Waals surface area contributed by atoms with Crippen molar-refractivity contribution >= 4 is 39.0 Å². The molecule has 26 heavy (non-hydrogen) atoms. The lowest BCUT2D eigenvalue weighted by Crippen LogP contribution is -2.37. The first-order chi connectivity index (χ1) is 12.4. The molecular formula is C17H17ClN2O5S. The second kappa shape index (κ2) is 7.53. The van der Waals surface area contributed by atoms with Gasteiger partial charge in [0.1, 0.15) is 0 Å². The maximum Gasteiger partial charge on any atom is 0.337 e. The van der Waals surface area contributed by atoms with Crippen LogP contribution < -0.4 is 9.62 Å². The van der Waals surface area contributed by atoms with Crippen LogP contribution in [0.1, 0.15) is 10.4 Å². The Bertz CT molecular complexity index is 909. The second-order valence-corrected chi connectivity index (χ2v) is 7.81. The molecule has 0 spiro atoms. The molecule has 7 nitrogen and oxygen atoms in total. The Hall–Kier alpha value is -2.29. The van der Waals surface area contributed by atoms with Crippen molar-refractivity contribution in [1.29, 1.82) is 0 Å². The highest BCUT2D eigenvalue weighted by Crippen LogP contribution is 2.26. The molecule has 1 fully saturated rings. The Morgan fingerprint density at radius 2 is 1.77 bits per heavy atom. The summed E-state index contributed by atoms with van der Waals surface area (Å²) < 4.78 is 32.8.